The third-order valence-corrected chi connectivity index (χ3v) is 2.63. The molecule has 0 N–H and O–H groups in total. The van der Waals surface area contributed by atoms with Crippen LogP contribution in [0.25, 0.3) is 6.08 Å². The Morgan fingerprint density at radius 1 is 1.25 bits per heavy atom. The maximum absolute atomic E-state index is 11.6. The molecule has 0 aliphatic carbocycles. The van der Waals surface area contributed by atoms with Crippen molar-refractivity contribution in [3.8, 4) is 0 Å². The quantitative estimate of drug-likeness (QED) is 0.709. The van der Waals surface area contributed by atoms with Crippen LogP contribution in [0.1, 0.15) is 12.6 Å². The average molecular weight is 223 g/mol. The summed E-state index contributed by atoms with van der Waals surface area (Å²) in [5.74, 6) is 0. The van der Waals surface area contributed by atoms with Crippen LogP contribution in [0.2, 0.25) is 0 Å². The van der Waals surface area contributed by atoms with E-state index < -0.39 is 0 Å². The van der Waals surface area contributed by atoms with Crippen molar-refractivity contribution in [3.63, 3.8) is 0 Å². The number of hydrogen-bond acceptors (Lipinski definition) is 3. The van der Waals surface area contributed by atoms with Gasteiger partial charge in [0.1, 0.15) is 0 Å². The van der Waals surface area contributed by atoms with E-state index in [9.17, 15) is 9.59 Å². The van der Waals surface area contributed by atoms with E-state index in [1.807, 2.05) is 32.0 Å². The van der Waals surface area contributed by atoms with Gasteiger partial charge in [-0.2, -0.15) is 0 Å². The van der Waals surface area contributed by atoms with Crippen molar-refractivity contribution in [2.45, 2.75) is 6.92 Å². The van der Waals surface area contributed by atoms with Crippen LogP contribution in [0.4, 0.5) is 0 Å². The van der Waals surface area contributed by atoms with E-state index in [2.05, 4.69) is 0 Å². The third kappa shape index (κ3) is 2.24. The second-order valence-corrected chi connectivity index (χ2v) is 3.99. The molecule has 0 amide bonds. The van der Waals surface area contributed by atoms with Gasteiger partial charge in [-0.05, 0) is 13.0 Å². The summed E-state index contributed by atoms with van der Waals surface area (Å²) in [4.78, 5) is 25.0. The van der Waals surface area contributed by atoms with Gasteiger partial charge in [-0.3, -0.25) is 13.9 Å². The van der Waals surface area contributed by atoms with Crippen LogP contribution in [0.15, 0.2) is 21.4 Å². The van der Waals surface area contributed by atoms with Crippen LogP contribution in [0.5, 0.6) is 0 Å². The highest BCUT2D eigenvalue weighted by Crippen LogP contribution is 2.03. The molecule has 1 aromatic rings. The summed E-state index contributed by atoms with van der Waals surface area (Å²) in [5, 5.41) is 0. The first-order chi connectivity index (χ1) is 7.34. The predicted molar refractivity (Wildman–Crippen MR) is 64.3 cm³/mol. The van der Waals surface area contributed by atoms with Gasteiger partial charge < -0.3 is 4.90 Å². The van der Waals surface area contributed by atoms with E-state index in [0.29, 0.717) is 5.69 Å². The monoisotopic (exact) mass is 223 g/mol. The number of rotatable bonds is 2. The minimum Gasteiger partial charge on any atom is -0.381 e. The summed E-state index contributed by atoms with van der Waals surface area (Å²) < 4.78 is 2.54. The summed E-state index contributed by atoms with van der Waals surface area (Å²) in [7, 11) is 6.93. The zero-order valence-corrected chi connectivity index (χ0v) is 10.3. The van der Waals surface area contributed by atoms with Crippen molar-refractivity contribution in [1.29, 1.82) is 0 Å². The Morgan fingerprint density at radius 3 is 2.31 bits per heavy atom. The van der Waals surface area contributed by atoms with E-state index in [-0.39, 0.29) is 11.2 Å². The maximum Gasteiger partial charge on any atom is 0.330 e. The minimum absolute atomic E-state index is 0.291. The molecule has 0 atom stereocenters. The highest BCUT2D eigenvalue weighted by atomic mass is 16.2. The second kappa shape index (κ2) is 4.38. The fraction of sp³-hybridized carbons (Fsp3) is 0.455. The zero-order valence-electron chi connectivity index (χ0n) is 10.3. The fourth-order valence-corrected chi connectivity index (χ4v) is 1.23. The van der Waals surface area contributed by atoms with Gasteiger partial charge in [-0.1, -0.05) is 0 Å². The summed E-state index contributed by atoms with van der Waals surface area (Å²) in [6, 6.07) is 1.45. The van der Waals surface area contributed by atoms with E-state index in [0.717, 1.165) is 10.3 Å². The third-order valence-electron chi connectivity index (χ3n) is 2.63. The van der Waals surface area contributed by atoms with Gasteiger partial charge in [0.15, 0.2) is 0 Å². The topological polar surface area (TPSA) is 47.2 Å². The number of allylic oxidation sites excluding steroid dienone is 1. The molecule has 0 saturated carbocycles. The van der Waals surface area contributed by atoms with Gasteiger partial charge in [0, 0.05) is 40.0 Å². The van der Waals surface area contributed by atoms with Gasteiger partial charge in [-0.25, -0.2) is 4.79 Å². The van der Waals surface area contributed by atoms with Crippen LogP contribution >= 0.6 is 0 Å². The standard InChI is InChI=1S/C11H17N3O2/c1-8(12(2)3)6-9-7-10(15)14(5)11(16)13(9)4/h6-7H,1-5H3/b8-6+. The Bertz CT molecular complexity index is 535. The summed E-state index contributed by atoms with van der Waals surface area (Å²) in [5.41, 5.74) is 0.980. The van der Waals surface area contributed by atoms with E-state index >= 15 is 0 Å². The molecule has 5 heteroatoms. The molecule has 0 radical (unpaired) electrons. The summed E-state index contributed by atoms with van der Waals surface area (Å²) in [6.45, 7) is 1.92. The lowest BCUT2D eigenvalue weighted by atomic mass is 10.3. The Morgan fingerprint density at radius 2 is 1.81 bits per heavy atom. The van der Waals surface area contributed by atoms with Gasteiger partial charge in [0.05, 0.1) is 5.69 Å². The van der Waals surface area contributed by atoms with E-state index in [4.69, 9.17) is 0 Å². The predicted octanol–water partition coefficient (Wildman–Crippen LogP) is 0.00640. The first-order valence-corrected chi connectivity index (χ1v) is 4.97. The van der Waals surface area contributed by atoms with Crippen LogP contribution in [-0.2, 0) is 14.1 Å². The molecule has 5 nitrogen and oxygen atoms in total. The van der Waals surface area contributed by atoms with Crippen molar-refractivity contribution < 1.29 is 0 Å². The molecular formula is C11H17N3O2. The van der Waals surface area contributed by atoms with Crippen molar-refractivity contribution in [2.75, 3.05) is 14.1 Å². The molecule has 0 aliphatic rings. The average Bonchev–Trinajstić information content (AvgIpc) is 2.22. The molecule has 0 aromatic carbocycles. The number of hydrogen-bond donors (Lipinski definition) is 0. The highest BCUT2D eigenvalue weighted by Gasteiger charge is 2.04. The molecule has 16 heavy (non-hydrogen) atoms. The molecule has 1 aromatic heterocycles. The maximum atomic E-state index is 11.6. The molecule has 1 rings (SSSR count). The SMILES string of the molecule is C/C(=C\c1cc(=O)n(C)c(=O)n1C)N(C)C. The van der Waals surface area contributed by atoms with Crippen LogP contribution in [0.3, 0.4) is 0 Å². The molecule has 0 bridgehead atoms. The van der Waals surface area contributed by atoms with Crippen molar-refractivity contribution in [1.82, 2.24) is 14.0 Å². The second-order valence-electron chi connectivity index (χ2n) is 3.99. The fourth-order valence-electron chi connectivity index (χ4n) is 1.23. The molecular weight excluding hydrogens is 206 g/mol. The lowest BCUT2D eigenvalue weighted by molar-refractivity contribution is 0.518. The molecule has 0 saturated heterocycles. The van der Waals surface area contributed by atoms with E-state index in [1.54, 1.807) is 7.05 Å². The van der Waals surface area contributed by atoms with Crippen LogP contribution in [0, 0.1) is 0 Å². The van der Waals surface area contributed by atoms with Gasteiger partial charge >= 0.3 is 5.69 Å². The largest absolute Gasteiger partial charge is 0.381 e. The molecule has 0 unspecified atom stereocenters. The Kier molecular flexibility index (Phi) is 3.37. The molecule has 1 heterocycles. The summed E-state index contributed by atoms with van der Waals surface area (Å²) in [6.07, 6.45) is 1.81. The molecule has 88 valence electrons. The van der Waals surface area contributed by atoms with E-state index in [1.165, 1.54) is 17.7 Å². The first-order valence-electron chi connectivity index (χ1n) is 4.97. The molecule has 0 aliphatic heterocycles. The first kappa shape index (κ1) is 12.3. The normalized spacial score (nSPS) is 11.7. The molecule has 0 spiro atoms. The highest BCUT2D eigenvalue weighted by molar-refractivity contribution is 5.47. The minimum atomic E-state index is -0.315. The number of aromatic nitrogens is 2. The summed E-state index contributed by atoms with van der Waals surface area (Å²) >= 11 is 0. The zero-order chi connectivity index (χ0) is 12.5. The van der Waals surface area contributed by atoms with Crippen LogP contribution < -0.4 is 11.2 Å². The Balaban J connectivity index is 3.44. The van der Waals surface area contributed by atoms with Crippen molar-refractivity contribution in [2.24, 2.45) is 14.1 Å². The van der Waals surface area contributed by atoms with Crippen LogP contribution in [-0.4, -0.2) is 28.1 Å². The lowest BCUT2D eigenvalue weighted by Gasteiger charge is -2.13. The smallest absolute Gasteiger partial charge is 0.330 e. The van der Waals surface area contributed by atoms with Crippen molar-refractivity contribution in [3.05, 3.63) is 38.3 Å². The Hall–Kier alpha value is -1.78. The van der Waals surface area contributed by atoms with Gasteiger partial charge in [-0.15, -0.1) is 0 Å². The number of nitrogens with zero attached hydrogens (tertiary/aromatic N) is 3. The molecule has 0 fully saturated rings. The van der Waals surface area contributed by atoms with Gasteiger partial charge in [0.25, 0.3) is 5.56 Å². The van der Waals surface area contributed by atoms with Gasteiger partial charge in [0.2, 0.25) is 0 Å². The van der Waals surface area contributed by atoms with Crippen molar-refractivity contribution >= 4 is 6.08 Å². The Labute approximate surface area is 94.2 Å². The lowest BCUT2D eigenvalue weighted by Crippen LogP contribution is -2.37.